The van der Waals surface area contributed by atoms with Crippen LogP contribution in [0.3, 0.4) is 0 Å². The number of likely N-dealkylation sites (N-methyl/N-ethyl adjacent to an activating group) is 1. The van der Waals surface area contributed by atoms with Gasteiger partial charge in [0.25, 0.3) is 0 Å². The molecule has 1 saturated heterocycles. The molecule has 0 saturated carbocycles. The Morgan fingerprint density at radius 1 is 1.53 bits per heavy atom. The first-order valence-electron chi connectivity index (χ1n) is 7.05. The number of hydrogen-bond donors (Lipinski definition) is 2. The molecule has 0 aromatic carbocycles. The lowest BCUT2D eigenvalue weighted by Gasteiger charge is -2.30. The van der Waals surface area contributed by atoms with Crippen LogP contribution in [0.4, 0.5) is 0 Å². The first-order chi connectivity index (χ1) is 8.77. The molecule has 0 bridgehead atoms. The summed E-state index contributed by atoms with van der Waals surface area (Å²) in [5, 5.41) is 3.04. The van der Waals surface area contributed by atoms with Crippen LogP contribution in [-0.2, 0) is 9.53 Å². The molecule has 1 amide bonds. The summed E-state index contributed by atoms with van der Waals surface area (Å²) in [5.74, 6) is 0.616. The fourth-order valence-electron chi connectivity index (χ4n) is 2.36. The minimum atomic E-state index is -0.589. The molecular formula is C14H29N3O2. The summed E-state index contributed by atoms with van der Waals surface area (Å²) in [6.45, 7) is 7.81. The van der Waals surface area contributed by atoms with Crippen LogP contribution in [0, 0.1) is 11.3 Å². The summed E-state index contributed by atoms with van der Waals surface area (Å²) in [4.78, 5) is 14.5. The van der Waals surface area contributed by atoms with Gasteiger partial charge in [0.15, 0.2) is 0 Å². The number of carbonyl (C=O) groups is 1. The van der Waals surface area contributed by atoms with Crippen LogP contribution < -0.4 is 11.1 Å². The molecule has 19 heavy (non-hydrogen) atoms. The maximum Gasteiger partial charge on any atom is 0.229 e. The summed E-state index contributed by atoms with van der Waals surface area (Å²) >= 11 is 0. The smallest absolute Gasteiger partial charge is 0.229 e. The lowest BCUT2D eigenvalue weighted by Crippen LogP contribution is -2.52. The quantitative estimate of drug-likeness (QED) is 0.736. The number of carbonyl (C=O) groups excluding carboxylic acids is 1. The monoisotopic (exact) mass is 271 g/mol. The van der Waals surface area contributed by atoms with Crippen molar-refractivity contribution in [3.63, 3.8) is 0 Å². The first-order valence-corrected chi connectivity index (χ1v) is 7.05. The number of nitrogens with two attached hydrogens (primary N) is 1. The molecule has 1 aliphatic heterocycles. The van der Waals surface area contributed by atoms with Crippen molar-refractivity contribution in [1.82, 2.24) is 10.2 Å². The zero-order chi connectivity index (χ0) is 14.6. The molecule has 0 aliphatic carbocycles. The molecule has 3 N–H and O–H groups in total. The number of hydrogen-bond acceptors (Lipinski definition) is 4. The second-order valence-electron chi connectivity index (χ2n) is 6.50. The molecule has 3 unspecified atom stereocenters. The van der Waals surface area contributed by atoms with Crippen LogP contribution in [0.5, 0.6) is 0 Å². The summed E-state index contributed by atoms with van der Waals surface area (Å²) in [7, 11) is 4.09. The van der Waals surface area contributed by atoms with Crippen molar-refractivity contribution in [3.8, 4) is 0 Å². The van der Waals surface area contributed by atoms with Gasteiger partial charge in [-0.1, -0.05) is 13.8 Å². The number of ether oxygens (including phenoxy) is 1. The van der Waals surface area contributed by atoms with Gasteiger partial charge in [-0.3, -0.25) is 4.79 Å². The van der Waals surface area contributed by atoms with Crippen LogP contribution in [0.1, 0.15) is 27.2 Å². The van der Waals surface area contributed by atoms with E-state index < -0.39 is 5.41 Å². The molecule has 1 heterocycles. The van der Waals surface area contributed by atoms with Gasteiger partial charge in [0, 0.05) is 18.6 Å². The van der Waals surface area contributed by atoms with Crippen LogP contribution in [0.2, 0.25) is 0 Å². The van der Waals surface area contributed by atoms with E-state index in [4.69, 9.17) is 10.5 Å². The van der Waals surface area contributed by atoms with E-state index in [0.29, 0.717) is 31.7 Å². The van der Waals surface area contributed by atoms with Gasteiger partial charge < -0.3 is 20.7 Å². The molecule has 1 rings (SSSR count). The fourth-order valence-corrected chi connectivity index (χ4v) is 2.36. The maximum absolute atomic E-state index is 12.3. The number of rotatable bonds is 6. The summed E-state index contributed by atoms with van der Waals surface area (Å²) in [5.41, 5.74) is 5.38. The molecule has 5 nitrogen and oxygen atoms in total. The molecule has 112 valence electrons. The van der Waals surface area contributed by atoms with Crippen molar-refractivity contribution in [2.75, 3.05) is 33.9 Å². The minimum Gasteiger partial charge on any atom is -0.379 e. The fraction of sp³-hybridized carbons (Fsp3) is 0.929. The van der Waals surface area contributed by atoms with Crippen LogP contribution in [0.25, 0.3) is 0 Å². The third-order valence-corrected chi connectivity index (χ3v) is 4.01. The van der Waals surface area contributed by atoms with Gasteiger partial charge in [-0.2, -0.15) is 0 Å². The molecule has 1 fully saturated rings. The zero-order valence-electron chi connectivity index (χ0n) is 12.9. The Morgan fingerprint density at radius 3 is 2.58 bits per heavy atom. The second-order valence-corrected chi connectivity index (χ2v) is 6.50. The highest BCUT2D eigenvalue weighted by molar-refractivity contribution is 5.83. The van der Waals surface area contributed by atoms with Crippen LogP contribution in [0.15, 0.2) is 0 Å². The maximum atomic E-state index is 12.3. The Bertz CT molecular complexity index is 307. The lowest BCUT2D eigenvalue weighted by molar-refractivity contribution is -0.130. The third kappa shape index (κ3) is 4.16. The summed E-state index contributed by atoms with van der Waals surface area (Å²) in [6, 6.07) is 0.140. The Balaban J connectivity index is 2.52. The van der Waals surface area contributed by atoms with Gasteiger partial charge >= 0.3 is 0 Å². The van der Waals surface area contributed by atoms with Gasteiger partial charge in [-0.25, -0.2) is 0 Å². The summed E-state index contributed by atoms with van der Waals surface area (Å²) in [6.07, 6.45) is 1.06. The Hall–Kier alpha value is -0.650. The Morgan fingerprint density at radius 2 is 2.16 bits per heavy atom. The van der Waals surface area contributed by atoms with Crippen molar-refractivity contribution >= 4 is 5.91 Å². The summed E-state index contributed by atoms with van der Waals surface area (Å²) < 4.78 is 5.32. The van der Waals surface area contributed by atoms with Gasteiger partial charge in [0.1, 0.15) is 0 Å². The van der Waals surface area contributed by atoms with E-state index in [1.54, 1.807) is 0 Å². The van der Waals surface area contributed by atoms with Crippen molar-refractivity contribution < 1.29 is 9.53 Å². The van der Waals surface area contributed by atoms with Gasteiger partial charge in [-0.15, -0.1) is 0 Å². The number of nitrogens with zero attached hydrogens (tertiary/aromatic N) is 1. The van der Waals surface area contributed by atoms with Crippen molar-refractivity contribution in [3.05, 3.63) is 0 Å². The van der Waals surface area contributed by atoms with Crippen LogP contribution >= 0.6 is 0 Å². The molecule has 0 aromatic heterocycles. The molecule has 1 aliphatic rings. The van der Waals surface area contributed by atoms with E-state index in [1.807, 2.05) is 21.0 Å². The average molecular weight is 271 g/mol. The molecule has 0 spiro atoms. The van der Waals surface area contributed by atoms with Crippen molar-refractivity contribution in [2.45, 2.75) is 39.3 Å². The number of nitrogens with one attached hydrogen (secondary N) is 1. The zero-order valence-corrected chi connectivity index (χ0v) is 12.9. The van der Waals surface area contributed by atoms with E-state index >= 15 is 0 Å². The SMILES string of the molecule is CC(C)CC(CNC(=O)C1(C)COCC1N)N(C)C. The molecule has 3 atom stereocenters. The molecule has 5 heteroatoms. The van der Waals surface area contributed by atoms with Crippen molar-refractivity contribution in [2.24, 2.45) is 17.1 Å². The highest BCUT2D eigenvalue weighted by Crippen LogP contribution is 2.27. The average Bonchev–Trinajstić information content (AvgIpc) is 2.65. The first kappa shape index (κ1) is 16.4. The highest BCUT2D eigenvalue weighted by atomic mass is 16.5. The topological polar surface area (TPSA) is 67.6 Å². The predicted octanol–water partition coefficient (Wildman–Crippen LogP) is 0.443. The highest BCUT2D eigenvalue weighted by Gasteiger charge is 2.44. The molecular weight excluding hydrogens is 242 g/mol. The molecule has 0 radical (unpaired) electrons. The van der Waals surface area contributed by atoms with Crippen LogP contribution in [-0.4, -0.2) is 56.7 Å². The van der Waals surface area contributed by atoms with E-state index in [1.165, 1.54) is 0 Å². The molecule has 0 aromatic rings. The predicted molar refractivity (Wildman–Crippen MR) is 76.8 cm³/mol. The minimum absolute atomic E-state index is 0.00751. The third-order valence-electron chi connectivity index (χ3n) is 4.01. The Kier molecular flexibility index (Phi) is 5.77. The van der Waals surface area contributed by atoms with Gasteiger partial charge in [0.05, 0.1) is 18.6 Å². The second kappa shape index (κ2) is 6.68. The van der Waals surface area contributed by atoms with E-state index in [9.17, 15) is 4.79 Å². The van der Waals surface area contributed by atoms with E-state index in [2.05, 4.69) is 24.1 Å². The lowest BCUT2D eigenvalue weighted by atomic mass is 9.84. The van der Waals surface area contributed by atoms with Crippen molar-refractivity contribution in [1.29, 1.82) is 0 Å². The standard InChI is InChI=1S/C14H29N3O2/c1-10(2)6-11(17(4)5)7-16-13(18)14(3)9-19-8-12(14)15/h10-12H,6-9,15H2,1-5H3,(H,16,18). The number of amides is 1. The Labute approximate surface area is 116 Å². The van der Waals surface area contributed by atoms with E-state index in [0.717, 1.165) is 6.42 Å². The normalized spacial score (nSPS) is 28.9. The van der Waals surface area contributed by atoms with Gasteiger partial charge in [-0.05, 0) is 33.4 Å². The largest absolute Gasteiger partial charge is 0.379 e. The van der Waals surface area contributed by atoms with Gasteiger partial charge in [0.2, 0.25) is 5.91 Å². The van der Waals surface area contributed by atoms with E-state index in [-0.39, 0.29) is 11.9 Å².